The third-order valence-corrected chi connectivity index (χ3v) is 5.01. The highest BCUT2D eigenvalue weighted by Crippen LogP contribution is 2.37. The molecule has 1 aliphatic heterocycles. The van der Waals surface area contributed by atoms with Crippen LogP contribution in [0.4, 0.5) is 13.2 Å². The second-order valence-corrected chi connectivity index (χ2v) is 7.81. The van der Waals surface area contributed by atoms with Crippen LogP contribution < -0.4 is 0 Å². The van der Waals surface area contributed by atoms with Crippen LogP contribution in [0.3, 0.4) is 0 Å². The summed E-state index contributed by atoms with van der Waals surface area (Å²) in [4.78, 5) is 0. The summed E-state index contributed by atoms with van der Waals surface area (Å²) in [5.41, 5.74) is -3.60. The highest BCUT2D eigenvalue weighted by molar-refractivity contribution is 7.87. The molecule has 25 heavy (non-hydrogen) atoms. The molecule has 1 aromatic carbocycles. The van der Waals surface area contributed by atoms with Crippen LogP contribution in [0.15, 0.2) is 42.0 Å². The molecule has 0 N–H and O–H groups in total. The van der Waals surface area contributed by atoms with Gasteiger partial charge in [0.05, 0.1) is 18.8 Å². The van der Waals surface area contributed by atoms with E-state index in [4.69, 9.17) is 4.74 Å². The van der Waals surface area contributed by atoms with Crippen molar-refractivity contribution >= 4 is 10.1 Å². The van der Waals surface area contributed by atoms with Crippen LogP contribution in [0.25, 0.3) is 0 Å². The van der Waals surface area contributed by atoms with Crippen molar-refractivity contribution in [2.24, 2.45) is 5.92 Å². The number of halogens is 3. The van der Waals surface area contributed by atoms with E-state index in [0.29, 0.717) is 12.8 Å². The van der Waals surface area contributed by atoms with Crippen molar-refractivity contribution in [3.05, 3.63) is 47.5 Å². The molecule has 2 atom stereocenters. The first-order valence-electron chi connectivity index (χ1n) is 7.97. The van der Waals surface area contributed by atoms with Gasteiger partial charge in [-0.15, -0.1) is 0 Å². The first kappa shape index (κ1) is 19.9. The first-order chi connectivity index (χ1) is 11.6. The summed E-state index contributed by atoms with van der Waals surface area (Å²) >= 11 is 0. The lowest BCUT2D eigenvalue weighted by Crippen LogP contribution is -2.30. The number of hydrogen-bond donors (Lipinski definition) is 0. The zero-order valence-electron chi connectivity index (χ0n) is 14.0. The highest BCUT2D eigenvalue weighted by Gasteiger charge is 2.47. The fourth-order valence-electron chi connectivity index (χ4n) is 2.79. The van der Waals surface area contributed by atoms with Crippen LogP contribution in [0.5, 0.6) is 0 Å². The van der Waals surface area contributed by atoms with Gasteiger partial charge in [-0.3, -0.25) is 4.18 Å². The Kier molecular flexibility index (Phi) is 6.29. The third kappa shape index (κ3) is 5.05. The Labute approximate surface area is 145 Å². The second-order valence-electron chi connectivity index (χ2n) is 6.20. The minimum Gasteiger partial charge on any atom is -0.366 e. The van der Waals surface area contributed by atoms with Gasteiger partial charge in [0.15, 0.2) is 0 Å². The average molecular weight is 378 g/mol. The number of ether oxygens (including phenoxy) is 1. The minimum atomic E-state index is -5.58. The fraction of sp³-hybridized carbons (Fsp3) is 0.529. The van der Waals surface area contributed by atoms with Crippen LogP contribution in [0.1, 0.15) is 38.4 Å². The Morgan fingerprint density at radius 3 is 2.48 bits per heavy atom. The van der Waals surface area contributed by atoms with Gasteiger partial charge >= 0.3 is 15.6 Å². The lowest BCUT2D eigenvalue weighted by molar-refractivity contribution is -0.0537. The number of rotatable bonds is 5. The summed E-state index contributed by atoms with van der Waals surface area (Å²) in [6.45, 7) is 3.23. The van der Waals surface area contributed by atoms with E-state index >= 15 is 0 Å². The summed E-state index contributed by atoms with van der Waals surface area (Å²) in [7, 11) is -5.58. The molecule has 2 rings (SSSR count). The molecule has 0 aromatic heterocycles. The SMILES string of the molecule is CC(C)C1OC(c2ccccc2)CC/C1=C\COS(=O)(=O)C(F)(F)F. The molecule has 8 heteroatoms. The minimum absolute atomic E-state index is 0.0921. The lowest BCUT2D eigenvalue weighted by Gasteiger charge is -2.35. The van der Waals surface area contributed by atoms with Crippen molar-refractivity contribution in [3.8, 4) is 0 Å². The second kappa shape index (κ2) is 7.88. The molecule has 1 saturated heterocycles. The van der Waals surface area contributed by atoms with Crippen molar-refractivity contribution in [1.82, 2.24) is 0 Å². The van der Waals surface area contributed by atoms with Gasteiger partial charge in [-0.25, -0.2) is 0 Å². The Morgan fingerprint density at radius 1 is 1.28 bits per heavy atom. The monoisotopic (exact) mass is 378 g/mol. The van der Waals surface area contributed by atoms with E-state index in [0.717, 1.165) is 11.1 Å². The van der Waals surface area contributed by atoms with Gasteiger partial charge in [0.25, 0.3) is 0 Å². The Morgan fingerprint density at radius 2 is 1.92 bits per heavy atom. The van der Waals surface area contributed by atoms with Crippen LogP contribution >= 0.6 is 0 Å². The molecule has 0 amide bonds. The standard InChI is InChI=1S/C17H21F3O4S/c1-12(2)16-14(10-11-23-25(21,22)17(18,19)20)8-9-15(24-16)13-6-4-3-5-7-13/h3-7,10,12,15-16H,8-9,11H2,1-2H3/b14-10+. The van der Waals surface area contributed by atoms with E-state index in [1.807, 2.05) is 44.2 Å². The van der Waals surface area contributed by atoms with E-state index in [2.05, 4.69) is 4.18 Å². The Bertz CT molecular complexity index is 696. The lowest BCUT2D eigenvalue weighted by atomic mass is 9.89. The number of benzene rings is 1. The van der Waals surface area contributed by atoms with E-state index in [9.17, 15) is 21.6 Å². The summed E-state index contributed by atoms with van der Waals surface area (Å²) in [5.74, 6) is 0.0944. The fourth-order valence-corrected chi connectivity index (χ4v) is 3.17. The normalized spacial score (nSPS) is 24.0. The van der Waals surface area contributed by atoms with Gasteiger partial charge in [-0.1, -0.05) is 50.3 Å². The van der Waals surface area contributed by atoms with Crippen molar-refractivity contribution < 1.29 is 30.5 Å². The molecule has 1 aromatic rings. The van der Waals surface area contributed by atoms with Crippen molar-refractivity contribution in [3.63, 3.8) is 0 Å². The molecule has 1 aliphatic rings. The molecule has 0 saturated carbocycles. The van der Waals surface area contributed by atoms with Gasteiger partial charge in [-0.05, 0) is 29.9 Å². The van der Waals surface area contributed by atoms with Crippen LogP contribution in [-0.4, -0.2) is 26.6 Å². The molecule has 0 bridgehead atoms. The molecule has 0 spiro atoms. The van der Waals surface area contributed by atoms with Gasteiger partial charge in [0.2, 0.25) is 0 Å². The molecule has 1 fully saturated rings. The van der Waals surface area contributed by atoms with Crippen molar-refractivity contribution in [1.29, 1.82) is 0 Å². The highest BCUT2D eigenvalue weighted by atomic mass is 32.2. The van der Waals surface area contributed by atoms with Crippen molar-refractivity contribution in [2.45, 2.75) is 44.4 Å². The molecule has 2 unspecified atom stereocenters. The quantitative estimate of drug-likeness (QED) is 0.434. The van der Waals surface area contributed by atoms with E-state index in [-0.39, 0.29) is 18.1 Å². The van der Waals surface area contributed by atoms with E-state index in [1.165, 1.54) is 6.08 Å². The molecule has 0 radical (unpaired) electrons. The molecular weight excluding hydrogens is 357 g/mol. The average Bonchev–Trinajstić information content (AvgIpc) is 2.54. The van der Waals surface area contributed by atoms with Gasteiger partial charge < -0.3 is 4.74 Å². The summed E-state index contributed by atoms with van der Waals surface area (Å²) in [6.07, 6.45) is 2.28. The van der Waals surface area contributed by atoms with Crippen LogP contribution in [0.2, 0.25) is 0 Å². The van der Waals surface area contributed by atoms with Crippen LogP contribution in [-0.2, 0) is 19.0 Å². The zero-order chi connectivity index (χ0) is 18.7. The van der Waals surface area contributed by atoms with Gasteiger partial charge in [-0.2, -0.15) is 21.6 Å². The number of alkyl halides is 3. The smallest absolute Gasteiger partial charge is 0.366 e. The number of hydrogen-bond acceptors (Lipinski definition) is 4. The van der Waals surface area contributed by atoms with E-state index in [1.54, 1.807) is 0 Å². The zero-order valence-corrected chi connectivity index (χ0v) is 14.8. The predicted molar refractivity (Wildman–Crippen MR) is 87.1 cm³/mol. The summed E-state index contributed by atoms with van der Waals surface area (Å²) in [6, 6.07) is 9.69. The van der Waals surface area contributed by atoms with Crippen LogP contribution in [0, 0.1) is 5.92 Å². The third-order valence-electron chi connectivity index (χ3n) is 4.00. The topological polar surface area (TPSA) is 52.6 Å². The molecule has 1 heterocycles. The molecule has 4 nitrogen and oxygen atoms in total. The van der Waals surface area contributed by atoms with Gasteiger partial charge in [0.1, 0.15) is 0 Å². The van der Waals surface area contributed by atoms with E-state index < -0.39 is 22.2 Å². The molecule has 0 aliphatic carbocycles. The maximum absolute atomic E-state index is 12.3. The largest absolute Gasteiger partial charge is 0.523 e. The maximum Gasteiger partial charge on any atom is 0.523 e. The van der Waals surface area contributed by atoms with Crippen molar-refractivity contribution in [2.75, 3.05) is 6.61 Å². The molecule has 140 valence electrons. The summed E-state index contributed by atoms with van der Waals surface area (Å²) < 4.78 is 68.9. The maximum atomic E-state index is 12.3. The summed E-state index contributed by atoms with van der Waals surface area (Å²) in [5, 5.41) is 0. The predicted octanol–water partition coefficient (Wildman–Crippen LogP) is 4.36. The van der Waals surface area contributed by atoms with Gasteiger partial charge in [0, 0.05) is 0 Å². The molecular formula is C17H21F3O4S. The Hall–Kier alpha value is -1.38. The Balaban J connectivity index is 2.06. The first-order valence-corrected chi connectivity index (χ1v) is 9.37.